The molecule has 0 radical (unpaired) electrons. The van der Waals surface area contributed by atoms with Crippen molar-refractivity contribution < 1.29 is 13.6 Å². The van der Waals surface area contributed by atoms with Gasteiger partial charge >= 0.3 is 0 Å². The minimum atomic E-state index is -0.232. The quantitative estimate of drug-likeness (QED) is 0.473. The highest BCUT2D eigenvalue weighted by atomic mass is 19.1. The maximum absolute atomic E-state index is 13.1. The van der Waals surface area contributed by atoms with Crippen LogP contribution in [0, 0.1) is 5.82 Å². The molecule has 1 amide bonds. The molecule has 0 unspecified atom stereocenters. The number of carbonyl (C=O) groups excluding carboxylic acids is 1. The van der Waals surface area contributed by atoms with E-state index in [0.29, 0.717) is 18.8 Å². The van der Waals surface area contributed by atoms with Gasteiger partial charge < -0.3 is 24.9 Å². The summed E-state index contributed by atoms with van der Waals surface area (Å²) in [6.45, 7) is 4.33. The Bertz CT molecular complexity index is 753. The summed E-state index contributed by atoms with van der Waals surface area (Å²) in [5, 5.41) is 6.06. The van der Waals surface area contributed by atoms with Crippen molar-refractivity contribution in [3.05, 3.63) is 54.2 Å². The van der Waals surface area contributed by atoms with Crippen LogP contribution in [-0.2, 0) is 0 Å². The second-order valence-corrected chi connectivity index (χ2v) is 6.16. The highest BCUT2D eigenvalue weighted by Gasteiger charge is 2.19. The summed E-state index contributed by atoms with van der Waals surface area (Å²) in [5.41, 5.74) is 1.03. The summed E-state index contributed by atoms with van der Waals surface area (Å²) in [5.74, 6) is 0.656. The van der Waals surface area contributed by atoms with Gasteiger partial charge in [-0.15, -0.1) is 0 Å². The van der Waals surface area contributed by atoms with E-state index in [1.165, 1.54) is 18.4 Å². The maximum Gasteiger partial charge on any atom is 0.287 e. The van der Waals surface area contributed by atoms with Crippen LogP contribution in [0.15, 0.2) is 52.1 Å². The van der Waals surface area contributed by atoms with Gasteiger partial charge in [-0.2, -0.15) is 0 Å². The number of furan rings is 1. The van der Waals surface area contributed by atoms with Gasteiger partial charge in [-0.1, -0.05) is 0 Å². The minimum absolute atomic E-state index is 0.221. The molecule has 1 aromatic heterocycles. The fourth-order valence-corrected chi connectivity index (χ4v) is 3.01. The van der Waals surface area contributed by atoms with Crippen LogP contribution < -0.4 is 15.5 Å². The van der Waals surface area contributed by atoms with Crippen LogP contribution in [0.5, 0.6) is 0 Å². The molecule has 0 spiro atoms. The van der Waals surface area contributed by atoms with E-state index in [1.807, 2.05) is 0 Å². The van der Waals surface area contributed by atoms with E-state index in [-0.39, 0.29) is 11.7 Å². The monoisotopic (exact) mass is 373 g/mol. The highest BCUT2D eigenvalue weighted by molar-refractivity contribution is 5.91. The number of guanidine groups is 1. The number of amides is 1. The summed E-state index contributed by atoms with van der Waals surface area (Å²) in [6.07, 6.45) is 1.47. The summed E-state index contributed by atoms with van der Waals surface area (Å²) in [6, 6.07) is 9.89. The number of halogens is 1. The molecule has 0 atom stereocenters. The van der Waals surface area contributed by atoms with E-state index in [1.54, 1.807) is 31.3 Å². The molecule has 3 rings (SSSR count). The Morgan fingerprint density at radius 2 is 1.81 bits per heavy atom. The summed E-state index contributed by atoms with van der Waals surface area (Å²) in [4.78, 5) is 20.5. The number of hydrogen-bond donors (Lipinski definition) is 2. The van der Waals surface area contributed by atoms with E-state index in [9.17, 15) is 9.18 Å². The van der Waals surface area contributed by atoms with Crippen LogP contribution >= 0.6 is 0 Å². The maximum atomic E-state index is 13.1. The zero-order valence-electron chi connectivity index (χ0n) is 15.3. The van der Waals surface area contributed by atoms with Crippen molar-refractivity contribution in [1.82, 2.24) is 15.5 Å². The van der Waals surface area contributed by atoms with Gasteiger partial charge in [0.25, 0.3) is 5.91 Å². The summed E-state index contributed by atoms with van der Waals surface area (Å²) < 4.78 is 18.1. The Balaban J connectivity index is 1.41. The SMILES string of the molecule is CN=C(NCCNC(=O)c1ccco1)N1CCN(c2ccc(F)cc2)CC1. The van der Waals surface area contributed by atoms with Crippen LogP contribution in [0.25, 0.3) is 0 Å². The van der Waals surface area contributed by atoms with E-state index < -0.39 is 0 Å². The number of hydrogen-bond acceptors (Lipinski definition) is 4. The lowest BCUT2D eigenvalue weighted by Crippen LogP contribution is -2.53. The molecule has 2 aromatic rings. The lowest BCUT2D eigenvalue weighted by molar-refractivity contribution is 0.0926. The first-order valence-corrected chi connectivity index (χ1v) is 8.95. The number of nitrogens with zero attached hydrogens (tertiary/aromatic N) is 3. The summed E-state index contributed by atoms with van der Waals surface area (Å²) >= 11 is 0. The van der Waals surface area contributed by atoms with Crippen molar-refractivity contribution in [2.45, 2.75) is 0 Å². The van der Waals surface area contributed by atoms with Gasteiger partial charge in [-0.05, 0) is 36.4 Å². The number of piperazine rings is 1. The first-order chi connectivity index (χ1) is 13.2. The van der Waals surface area contributed by atoms with Gasteiger partial charge in [0, 0.05) is 52.0 Å². The van der Waals surface area contributed by atoms with Crippen LogP contribution in [0.2, 0.25) is 0 Å². The van der Waals surface area contributed by atoms with Gasteiger partial charge in [0.1, 0.15) is 5.82 Å². The van der Waals surface area contributed by atoms with Gasteiger partial charge in [0.2, 0.25) is 0 Å². The second-order valence-electron chi connectivity index (χ2n) is 6.16. The molecular formula is C19H24FN5O2. The average Bonchev–Trinajstić information content (AvgIpc) is 3.24. The van der Waals surface area contributed by atoms with Crippen molar-refractivity contribution in [3.63, 3.8) is 0 Å². The molecule has 1 fully saturated rings. The number of nitrogens with one attached hydrogen (secondary N) is 2. The topological polar surface area (TPSA) is 73.1 Å². The molecule has 0 saturated carbocycles. The number of aliphatic imine (C=N–C) groups is 1. The first kappa shape index (κ1) is 18.8. The lowest BCUT2D eigenvalue weighted by Gasteiger charge is -2.37. The molecule has 0 bridgehead atoms. The molecule has 27 heavy (non-hydrogen) atoms. The molecule has 1 aromatic carbocycles. The van der Waals surface area contributed by atoms with Crippen molar-refractivity contribution in [3.8, 4) is 0 Å². The van der Waals surface area contributed by atoms with Crippen LogP contribution in [0.3, 0.4) is 0 Å². The van der Waals surface area contributed by atoms with E-state index >= 15 is 0 Å². The molecule has 1 saturated heterocycles. The Labute approximate surface area is 157 Å². The number of carbonyl (C=O) groups is 1. The first-order valence-electron chi connectivity index (χ1n) is 8.95. The molecule has 0 aliphatic carbocycles. The molecule has 2 N–H and O–H groups in total. The van der Waals surface area contributed by atoms with Crippen molar-refractivity contribution in [2.24, 2.45) is 4.99 Å². The van der Waals surface area contributed by atoms with Crippen LogP contribution in [0.4, 0.5) is 10.1 Å². The third kappa shape index (κ3) is 4.99. The Hall–Kier alpha value is -3.03. The third-order valence-corrected chi connectivity index (χ3v) is 4.42. The molecular weight excluding hydrogens is 349 g/mol. The number of rotatable bonds is 5. The standard InChI is InChI=1S/C19H24FN5O2/c1-21-19(23-9-8-22-18(26)17-3-2-14-27-17)25-12-10-24(11-13-25)16-6-4-15(20)5-7-16/h2-7,14H,8-13H2,1H3,(H,21,23)(H,22,26). The van der Waals surface area contributed by atoms with Crippen molar-refractivity contribution >= 4 is 17.6 Å². The Morgan fingerprint density at radius 3 is 2.44 bits per heavy atom. The highest BCUT2D eigenvalue weighted by Crippen LogP contribution is 2.16. The van der Waals surface area contributed by atoms with Crippen molar-refractivity contribution in [2.75, 3.05) is 51.2 Å². The zero-order chi connectivity index (χ0) is 19.1. The normalized spacial score (nSPS) is 15.0. The predicted octanol–water partition coefficient (Wildman–Crippen LogP) is 1.55. The fourth-order valence-electron chi connectivity index (χ4n) is 3.01. The zero-order valence-corrected chi connectivity index (χ0v) is 15.3. The van der Waals surface area contributed by atoms with E-state index in [0.717, 1.165) is 37.8 Å². The summed E-state index contributed by atoms with van der Waals surface area (Å²) in [7, 11) is 1.75. The number of benzene rings is 1. The van der Waals surface area contributed by atoms with Crippen LogP contribution in [-0.4, -0.2) is 63.1 Å². The number of anilines is 1. The molecule has 8 heteroatoms. The van der Waals surface area contributed by atoms with Crippen molar-refractivity contribution in [1.29, 1.82) is 0 Å². The van der Waals surface area contributed by atoms with Gasteiger partial charge in [-0.3, -0.25) is 9.79 Å². The second kappa shape index (κ2) is 9.07. The van der Waals surface area contributed by atoms with Gasteiger partial charge in [0.15, 0.2) is 11.7 Å². The Kier molecular flexibility index (Phi) is 6.30. The third-order valence-electron chi connectivity index (χ3n) is 4.42. The minimum Gasteiger partial charge on any atom is -0.459 e. The predicted molar refractivity (Wildman–Crippen MR) is 103 cm³/mol. The lowest BCUT2D eigenvalue weighted by atomic mass is 10.2. The molecule has 2 heterocycles. The van der Waals surface area contributed by atoms with Gasteiger partial charge in [-0.25, -0.2) is 4.39 Å². The molecule has 1 aliphatic heterocycles. The molecule has 144 valence electrons. The fraction of sp³-hybridized carbons (Fsp3) is 0.368. The van der Waals surface area contributed by atoms with E-state index in [4.69, 9.17) is 4.42 Å². The molecule has 7 nitrogen and oxygen atoms in total. The largest absolute Gasteiger partial charge is 0.459 e. The van der Waals surface area contributed by atoms with Crippen LogP contribution in [0.1, 0.15) is 10.6 Å². The van der Waals surface area contributed by atoms with E-state index in [2.05, 4.69) is 25.4 Å². The molecule has 1 aliphatic rings. The smallest absolute Gasteiger partial charge is 0.287 e. The van der Waals surface area contributed by atoms with Gasteiger partial charge in [0.05, 0.1) is 6.26 Å². The average molecular weight is 373 g/mol. The Morgan fingerprint density at radius 1 is 1.11 bits per heavy atom.